The molecule has 102 valence electrons. The maximum atomic E-state index is 11.1. The molecular weight excluding hydrogens is 256 g/mol. The van der Waals surface area contributed by atoms with Gasteiger partial charge in [-0.25, -0.2) is 8.42 Å². The van der Waals surface area contributed by atoms with Crippen LogP contribution in [0.15, 0.2) is 4.52 Å². The summed E-state index contributed by atoms with van der Waals surface area (Å²) in [6.07, 6.45) is 1.16. The van der Waals surface area contributed by atoms with E-state index < -0.39 is 9.84 Å². The van der Waals surface area contributed by atoms with E-state index in [-0.39, 0.29) is 17.6 Å². The minimum atomic E-state index is -3.12. The summed E-state index contributed by atoms with van der Waals surface area (Å²) in [6.45, 7) is 5.71. The van der Waals surface area contributed by atoms with E-state index in [1.54, 1.807) is 0 Å². The molecule has 1 aliphatic rings. The minimum Gasteiger partial charge on any atom is -0.338 e. The van der Waals surface area contributed by atoms with Crippen LogP contribution in [0, 0.1) is 0 Å². The molecule has 1 fully saturated rings. The zero-order valence-corrected chi connectivity index (χ0v) is 11.4. The van der Waals surface area contributed by atoms with Crippen LogP contribution in [0.4, 0.5) is 0 Å². The van der Waals surface area contributed by atoms with E-state index in [0.717, 1.165) is 32.4 Å². The Kier molecular flexibility index (Phi) is 3.98. The quantitative estimate of drug-likeness (QED) is 0.797. The van der Waals surface area contributed by atoms with Gasteiger partial charge in [0.2, 0.25) is 5.89 Å². The summed E-state index contributed by atoms with van der Waals surface area (Å²) in [4.78, 5) is 6.38. The van der Waals surface area contributed by atoms with Crippen LogP contribution in [-0.4, -0.2) is 55.9 Å². The maximum absolute atomic E-state index is 11.1. The van der Waals surface area contributed by atoms with Gasteiger partial charge in [0.15, 0.2) is 15.7 Å². The third-order valence-electron chi connectivity index (χ3n) is 2.93. The van der Waals surface area contributed by atoms with Gasteiger partial charge in [0.25, 0.3) is 0 Å². The highest BCUT2D eigenvalue weighted by Gasteiger charge is 2.23. The highest BCUT2D eigenvalue weighted by Crippen LogP contribution is 2.18. The first kappa shape index (κ1) is 13.4. The van der Waals surface area contributed by atoms with Crippen molar-refractivity contribution in [2.75, 3.05) is 32.4 Å². The van der Waals surface area contributed by atoms with Crippen molar-refractivity contribution in [3.8, 4) is 0 Å². The van der Waals surface area contributed by atoms with Crippen LogP contribution in [-0.2, 0) is 15.6 Å². The number of piperazine rings is 1. The number of hydrogen-bond donors (Lipinski definition) is 1. The Labute approximate surface area is 106 Å². The largest absolute Gasteiger partial charge is 0.338 e. The Morgan fingerprint density at radius 1 is 1.44 bits per heavy atom. The number of rotatable bonds is 4. The van der Waals surface area contributed by atoms with Crippen molar-refractivity contribution in [1.29, 1.82) is 0 Å². The van der Waals surface area contributed by atoms with E-state index in [2.05, 4.69) is 20.4 Å². The van der Waals surface area contributed by atoms with Crippen molar-refractivity contribution >= 4 is 9.84 Å². The first-order valence-electron chi connectivity index (χ1n) is 5.91. The number of aromatic nitrogens is 2. The molecule has 1 saturated heterocycles. The molecule has 7 nitrogen and oxygen atoms in total. The van der Waals surface area contributed by atoms with Crippen molar-refractivity contribution in [3.63, 3.8) is 0 Å². The molecule has 0 bridgehead atoms. The molecule has 8 heteroatoms. The third kappa shape index (κ3) is 3.50. The third-order valence-corrected chi connectivity index (χ3v) is 3.71. The van der Waals surface area contributed by atoms with Gasteiger partial charge in [0, 0.05) is 32.4 Å². The molecule has 0 radical (unpaired) electrons. The summed E-state index contributed by atoms with van der Waals surface area (Å²) >= 11 is 0. The second-order valence-corrected chi connectivity index (χ2v) is 6.72. The molecule has 0 aliphatic carbocycles. The highest BCUT2D eigenvalue weighted by atomic mass is 32.2. The van der Waals surface area contributed by atoms with Crippen molar-refractivity contribution in [3.05, 3.63) is 11.7 Å². The molecule has 1 aromatic rings. The standard InChI is InChI=1S/C10H18N4O3S/c1-8(14-5-3-11-4-6-14)10-12-9(13-17-10)7-18(2,15)16/h8,11H,3-7H2,1-2H3. The SMILES string of the molecule is CC(c1nc(CS(C)(=O)=O)no1)N1CCNCC1. The fourth-order valence-electron chi connectivity index (χ4n) is 1.96. The van der Waals surface area contributed by atoms with E-state index >= 15 is 0 Å². The molecule has 2 heterocycles. The predicted octanol–water partition coefficient (Wildman–Crippen LogP) is -0.420. The average molecular weight is 274 g/mol. The molecule has 1 N–H and O–H groups in total. The van der Waals surface area contributed by atoms with Gasteiger partial charge in [0.1, 0.15) is 5.75 Å². The normalized spacial score (nSPS) is 19.9. The van der Waals surface area contributed by atoms with Gasteiger partial charge < -0.3 is 9.84 Å². The zero-order chi connectivity index (χ0) is 13.2. The first-order valence-corrected chi connectivity index (χ1v) is 7.97. The highest BCUT2D eigenvalue weighted by molar-refractivity contribution is 7.89. The van der Waals surface area contributed by atoms with Gasteiger partial charge in [-0.2, -0.15) is 4.98 Å². The van der Waals surface area contributed by atoms with Crippen LogP contribution in [0.2, 0.25) is 0 Å². The molecule has 0 spiro atoms. The number of hydrogen-bond acceptors (Lipinski definition) is 7. The van der Waals surface area contributed by atoms with E-state index in [1.807, 2.05) is 6.92 Å². The lowest BCUT2D eigenvalue weighted by Gasteiger charge is -2.30. The number of sulfone groups is 1. The molecule has 1 aromatic heterocycles. The van der Waals surface area contributed by atoms with E-state index in [9.17, 15) is 8.42 Å². The smallest absolute Gasteiger partial charge is 0.243 e. The number of nitrogens with zero attached hydrogens (tertiary/aromatic N) is 3. The van der Waals surface area contributed by atoms with E-state index in [0.29, 0.717) is 5.89 Å². The van der Waals surface area contributed by atoms with Crippen LogP contribution in [0.5, 0.6) is 0 Å². The van der Waals surface area contributed by atoms with Crippen LogP contribution in [0.25, 0.3) is 0 Å². The minimum absolute atomic E-state index is 0.0212. The van der Waals surface area contributed by atoms with Crippen molar-refractivity contribution in [2.45, 2.75) is 18.7 Å². The molecule has 0 amide bonds. The molecule has 18 heavy (non-hydrogen) atoms. The Morgan fingerprint density at radius 3 is 2.72 bits per heavy atom. The van der Waals surface area contributed by atoms with Gasteiger partial charge in [0.05, 0.1) is 6.04 Å². The first-order chi connectivity index (χ1) is 8.46. The Hall–Kier alpha value is -0.990. The predicted molar refractivity (Wildman–Crippen MR) is 65.7 cm³/mol. The second-order valence-electron chi connectivity index (χ2n) is 4.58. The summed E-state index contributed by atoms with van der Waals surface area (Å²) in [7, 11) is -3.12. The molecule has 1 atom stereocenters. The van der Waals surface area contributed by atoms with E-state index in [4.69, 9.17) is 4.52 Å². The van der Waals surface area contributed by atoms with Crippen LogP contribution in [0.3, 0.4) is 0 Å². The van der Waals surface area contributed by atoms with Crippen LogP contribution >= 0.6 is 0 Å². The van der Waals surface area contributed by atoms with Gasteiger partial charge >= 0.3 is 0 Å². The van der Waals surface area contributed by atoms with Crippen molar-refractivity contribution in [1.82, 2.24) is 20.4 Å². The Morgan fingerprint density at radius 2 is 2.11 bits per heavy atom. The zero-order valence-electron chi connectivity index (χ0n) is 10.6. The monoisotopic (exact) mass is 274 g/mol. The van der Waals surface area contributed by atoms with Crippen LogP contribution < -0.4 is 5.32 Å². The van der Waals surface area contributed by atoms with Gasteiger partial charge in [-0.3, -0.25) is 4.90 Å². The van der Waals surface area contributed by atoms with E-state index in [1.165, 1.54) is 0 Å². The molecule has 0 aromatic carbocycles. The van der Waals surface area contributed by atoms with Crippen molar-refractivity contribution in [2.24, 2.45) is 0 Å². The lowest BCUT2D eigenvalue weighted by molar-refractivity contribution is 0.154. The molecule has 1 unspecified atom stereocenters. The topological polar surface area (TPSA) is 88.3 Å². The summed E-state index contributed by atoms with van der Waals surface area (Å²) < 4.78 is 27.4. The molecular formula is C10H18N4O3S. The Bertz CT molecular complexity index is 493. The fraction of sp³-hybridized carbons (Fsp3) is 0.800. The summed E-state index contributed by atoms with van der Waals surface area (Å²) in [5, 5.41) is 6.98. The summed E-state index contributed by atoms with van der Waals surface area (Å²) in [5.74, 6) is 0.537. The average Bonchev–Trinajstić information content (AvgIpc) is 2.75. The maximum Gasteiger partial charge on any atom is 0.243 e. The Balaban J connectivity index is 2.04. The lowest BCUT2D eigenvalue weighted by Crippen LogP contribution is -2.44. The lowest BCUT2D eigenvalue weighted by atomic mass is 10.2. The van der Waals surface area contributed by atoms with Gasteiger partial charge in [-0.05, 0) is 6.92 Å². The molecule has 0 saturated carbocycles. The van der Waals surface area contributed by atoms with Crippen molar-refractivity contribution < 1.29 is 12.9 Å². The molecule has 1 aliphatic heterocycles. The van der Waals surface area contributed by atoms with Gasteiger partial charge in [-0.1, -0.05) is 5.16 Å². The number of nitrogens with one attached hydrogen (secondary N) is 1. The van der Waals surface area contributed by atoms with Crippen LogP contribution in [0.1, 0.15) is 24.7 Å². The fourth-order valence-corrected chi connectivity index (χ4v) is 2.54. The van der Waals surface area contributed by atoms with Gasteiger partial charge in [-0.15, -0.1) is 0 Å². The summed E-state index contributed by atoms with van der Waals surface area (Å²) in [5.41, 5.74) is 0. The summed E-state index contributed by atoms with van der Waals surface area (Å²) in [6, 6.07) is 0.0212. The second kappa shape index (κ2) is 5.33. The molecule has 2 rings (SSSR count).